The Hall–Kier alpha value is -0.750. The molecule has 2 rings (SSSR count). The van der Waals surface area contributed by atoms with Crippen molar-refractivity contribution in [2.75, 3.05) is 32.1 Å². The second-order valence-corrected chi connectivity index (χ2v) is 3.76. The van der Waals surface area contributed by atoms with Crippen LogP contribution in [0.5, 0.6) is 0 Å². The van der Waals surface area contributed by atoms with Gasteiger partial charge in [0.1, 0.15) is 0 Å². The summed E-state index contributed by atoms with van der Waals surface area (Å²) in [6.07, 6.45) is 0. The highest BCUT2D eigenvalue weighted by Crippen LogP contribution is 2.13. The Morgan fingerprint density at radius 1 is 1.46 bits per heavy atom. The number of hydrogen-bond acceptors (Lipinski definition) is 5. The highest BCUT2D eigenvalue weighted by atomic mass is 32.2. The van der Waals surface area contributed by atoms with Gasteiger partial charge in [-0.1, -0.05) is 11.8 Å². The summed E-state index contributed by atoms with van der Waals surface area (Å²) >= 11 is 1.49. The standard InChI is InChI=1S/C7H11N3O2S/c11-6-5-13-7(9-8-6)10-1-3-12-4-2-10/h1-5H2,(H,8,11). The van der Waals surface area contributed by atoms with Crippen molar-refractivity contribution in [1.82, 2.24) is 10.3 Å². The van der Waals surface area contributed by atoms with Gasteiger partial charge < -0.3 is 9.64 Å². The first-order valence-corrected chi connectivity index (χ1v) is 5.17. The van der Waals surface area contributed by atoms with E-state index >= 15 is 0 Å². The van der Waals surface area contributed by atoms with Crippen LogP contribution in [0.1, 0.15) is 0 Å². The number of hydrogen-bond donors (Lipinski definition) is 1. The Kier molecular flexibility index (Phi) is 2.70. The summed E-state index contributed by atoms with van der Waals surface area (Å²) in [6.45, 7) is 3.21. The highest BCUT2D eigenvalue weighted by molar-refractivity contribution is 8.14. The molecular formula is C7H11N3O2S. The molecule has 2 aliphatic heterocycles. The van der Waals surface area contributed by atoms with Gasteiger partial charge in [-0.25, -0.2) is 5.43 Å². The molecule has 0 aliphatic carbocycles. The molecule has 2 heterocycles. The van der Waals surface area contributed by atoms with E-state index in [1.54, 1.807) is 0 Å². The summed E-state index contributed by atoms with van der Waals surface area (Å²) in [7, 11) is 0. The highest BCUT2D eigenvalue weighted by Gasteiger charge is 2.19. The van der Waals surface area contributed by atoms with Gasteiger partial charge in [-0.3, -0.25) is 4.79 Å². The Balaban J connectivity index is 1.95. The lowest BCUT2D eigenvalue weighted by Crippen LogP contribution is -2.42. The molecule has 1 fully saturated rings. The van der Waals surface area contributed by atoms with Crippen molar-refractivity contribution >= 4 is 22.8 Å². The van der Waals surface area contributed by atoms with Crippen LogP contribution in [0.2, 0.25) is 0 Å². The number of thioether (sulfide) groups is 1. The number of nitrogens with zero attached hydrogens (tertiary/aromatic N) is 2. The van der Waals surface area contributed by atoms with Crippen molar-refractivity contribution in [1.29, 1.82) is 0 Å². The van der Waals surface area contributed by atoms with Crippen molar-refractivity contribution in [3.05, 3.63) is 0 Å². The van der Waals surface area contributed by atoms with Gasteiger partial charge in [-0.15, -0.1) is 5.10 Å². The van der Waals surface area contributed by atoms with Crippen molar-refractivity contribution in [2.45, 2.75) is 0 Å². The average Bonchev–Trinajstić information content (AvgIpc) is 2.20. The molecule has 1 N–H and O–H groups in total. The third kappa shape index (κ3) is 2.13. The van der Waals surface area contributed by atoms with E-state index in [1.807, 2.05) is 0 Å². The zero-order valence-corrected chi connectivity index (χ0v) is 7.97. The molecule has 0 atom stereocenters. The fraction of sp³-hybridized carbons (Fsp3) is 0.714. The Morgan fingerprint density at radius 2 is 2.23 bits per heavy atom. The topological polar surface area (TPSA) is 53.9 Å². The predicted octanol–water partition coefficient (Wildman–Crippen LogP) is -0.547. The molecule has 0 aromatic heterocycles. The van der Waals surface area contributed by atoms with Crippen LogP contribution in [-0.4, -0.2) is 48.0 Å². The van der Waals surface area contributed by atoms with E-state index in [0.29, 0.717) is 5.75 Å². The first-order chi connectivity index (χ1) is 6.36. The quantitative estimate of drug-likeness (QED) is 0.571. The lowest BCUT2D eigenvalue weighted by Gasteiger charge is -2.30. The van der Waals surface area contributed by atoms with Gasteiger partial charge in [0.05, 0.1) is 19.0 Å². The zero-order chi connectivity index (χ0) is 9.10. The van der Waals surface area contributed by atoms with Crippen molar-refractivity contribution in [3.8, 4) is 0 Å². The number of hydrazone groups is 1. The molecule has 0 spiro atoms. The summed E-state index contributed by atoms with van der Waals surface area (Å²) in [6, 6.07) is 0. The number of amidine groups is 1. The molecule has 1 saturated heterocycles. The summed E-state index contributed by atoms with van der Waals surface area (Å²) in [4.78, 5) is 12.9. The third-order valence-corrected chi connectivity index (χ3v) is 2.90. The number of rotatable bonds is 0. The van der Waals surface area contributed by atoms with Crippen LogP contribution in [0.15, 0.2) is 5.10 Å². The normalized spacial score (nSPS) is 23.8. The molecule has 6 heteroatoms. The van der Waals surface area contributed by atoms with Gasteiger partial charge in [-0.05, 0) is 0 Å². The molecule has 2 aliphatic rings. The van der Waals surface area contributed by atoms with Gasteiger partial charge in [0.15, 0.2) is 5.17 Å². The molecule has 0 unspecified atom stereocenters. The van der Waals surface area contributed by atoms with E-state index in [0.717, 1.165) is 31.5 Å². The third-order valence-electron chi connectivity index (χ3n) is 1.89. The Morgan fingerprint density at radius 3 is 2.85 bits per heavy atom. The van der Waals surface area contributed by atoms with Crippen LogP contribution >= 0.6 is 11.8 Å². The fourth-order valence-electron chi connectivity index (χ4n) is 1.22. The van der Waals surface area contributed by atoms with E-state index in [1.165, 1.54) is 11.8 Å². The lowest BCUT2D eigenvalue weighted by molar-refractivity contribution is -0.118. The fourth-order valence-corrected chi connectivity index (χ4v) is 2.02. The maximum absolute atomic E-state index is 10.8. The van der Waals surface area contributed by atoms with Crippen LogP contribution in [0.3, 0.4) is 0 Å². The summed E-state index contributed by atoms with van der Waals surface area (Å²) in [5.41, 5.74) is 2.48. The molecule has 72 valence electrons. The molecule has 0 radical (unpaired) electrons. The molecule has 0 aromatic rings. The van der Waals surface area contributed by atoms with Gasteiger partial charge >= 0.3 is 0 Å². The van der Waals surface area contributed by atoms with Crippen LogP contribution in [0.4, 0.5) is 0 Å². The second kappa shape index (κ2) is 3.97. The predicted molar refractivity (Wildman–Crippen MR) is 50.4 cm³/mol. The molecule has 0 saturated carbocycles. The number of nitrogens with one attached hydrogen (secondary N) is 1. The van der Waals surface area contributed by atoms with Crippen molar-refractivity contribution < 1.29 is 9.53 Å². The smallest absolute Gasteiger partial charge is 0.250 e. The average molecular weight is 201 g/mol. The number of ether oxygens (including phenoxy) is 1. The van der Waals surface area contributed by atoms with E-state index < -0.39 is 0 Å². The largest absolute Gasteiger partial charge is 0.378 e. The van der Waals surface area contributed by atoms with Crippen LogP contribution < -0.4 is 5.43 Å². The zero-order valence-electron chi connectivity index (χ0n) is 7.15. The number of carbonyl (C=O) groups is 1. The molecule has 0 bridgehead atoms. The molecule has 13 heavy (non-hydrogen) atoms. The van der Waals surface area contributed by atoms with Crippen molar-refractivity contribution in [3.63, 3.8) is 0 Å². The van der Waals surface area contributed by atoms with Gasteiger partial charge in [0.2, 0.25) is 0 Å². The minimum atomic E-state index is -0.0259. The SMILES string of the molecule is O=C1CSC(N2CCOCC2)=NN1. The lowest BCUT2D eigenvalue weighted by atomic mass is 10.5. The first-order valence-electron chi connectivity index (χ1n) is 4.18. The van der Waals surface area contributed by atoms with Gasteiger partial charge in [0.25, 0.3) is 5.91 Å². The van der Waals surface area contributed by atoms with E-state index in [-0.39, 0.29) is 5.91 Å². The minimum absolute atomic E-state index is 0.0259. The van der Waals surface area contributed by atoms with Gasteiger partial charge in [0, 0.05) is 13.1 Å². The molecule has 0 aromatic carbocycles. The van der Waals surface area contributed by atoms with Crippen LogP contribution in [-0.2, 0) is 9.53 Å². The maximum atomic E-state index is 10.8. The summed E-state index contributed by atoms with van der Waals surface area (Å²) < 4.78 is 5.22. The number of amides is 1. The summed E-state index contributed by atoms with van der Waals surface area (Å²) in [5.74, 6) is 0.443. The summed E-state index contributed by atoms with van der Waals surface area (Å²) in [5, 5.41) is 4.89. The number of morpholine rings is 1. The van der Waals surface area contributed by atoms with Crippen molar-refractivity contribution in [2.24, 2.45) is 5.10 Å². The molecule has 1 amide bonds. The van der Waals surface area contributed by atoms with Crippen LogP contribution in [0, 0.1) is 0 Å². The van der Waals surface area contributed by atoms with Gasteiger partial charge in [-0.2, -0.15) is 0 Å². The molecular weight excluding hydrogens is 190 g/mol. The van der Waals surface area contributed by atoms with E-state index in [4.69, 9.17) is 4.74 Å². The second-order valence-electron chi connectivity index (χ2n) is 2.82. The van der Waals surface area contributed by atoms with E-state index in [2.05, 4.69) is 15.4 Å². The van der Waals surface area contributed by atoms with E-state index in [9.17, 15) is 4.79 Å². The Bertz CT molecular complexity index is 238. The molecule has 5 nitrogen and oxygen atoms in total. The first kappa shape index (κ1) is 8.83. The Labute approximate surface area is 80.5 Å². The minimum Gasteiger partial charge on any atom is -0.378 e. The number of carbonyl (C=O) groups excluding carboxylic acids is 1. The van der Waals surface area contributed by atoms with Crippen LogP contribution in [0.25, 0.3) is 0 Å². The maximum Gasteiger partial charge on any atom is 0.250 e. The monoisotopic (exact) mass is 201 g/mol.